The lowest BCUT2D eigenvalue weighted by molar-refractivity contribution is -0.158. The highest BCUT2D eigenvalue weighted by molar-refractivity contribution is 5.89. The number of nitrogens with zero attached hydrogens (tertiary/aromatic N) is 3. The molecule has 0 bridgehead atoms. The maximum atomic E-state index is 11.2. The van der Waals surface area contributed by atoms with E-state index in [1.807, 2.05) is 17.7 Å². The van der Waals surface area contributed by atoms with Gasteiger partial charge in [0.2, 0.25) is 5.91 Å². The van der Waals surface area contributed by atoms with Crippen molar-refractivity contribution in [1.82, 2.24) is 14.6 Å². The van der Waals surface area contributed by atoms with Gasteiger partial charge in [-0.25, -0.2) is 19.6 Å². The van der Waals surface area contributed by atoms with E-state index < -0.39 is 11.9 Å². The van der Waals surface area contributed by atoms with Crippen molar-refractivity contribution < 1.29 is 29.4 Å². The van der Waals surface area contributed by atoms with E-state index >= 15 is 0 Å². The predicted molar refractivity (Wildman–Crippen MR) is 81.4 cm³/mol. The van der Waals surface area contributed by atoms with Crippen LogP contribution in [0.25, 0.3) is 0 Å². The van der Waals surface area contributed by atoms with Crippen molar-refractivity contribution in [3.05, 3.63) is 30.4 Å². The Morgan fingerprint density at radius 1 is 1.29 bits per heavy atom. The summed E-state index contributed by atoms with van der Waals surface area (Å²) in [6, 6.07) is 0. The molecule has 9 nitrogen and oxygen atoms in total. The van der Waals surface area contributed by atoms with E-state index in [0.29, 0.717) is 38.3 Å². The Balaban J connectivity index is 0.000000307. The molecule has 1 aromatic rings. The lowest BCUT2D eigenvalue weighted by atomic mass is 10.4. The molecule has 2 heterocycles. The van der Waals surface area contributed by atoms with Gasteiger partial charge in [0.25, 0.3) is 0 Å². The summed E-state index contributed by atoms with van der Waals surface area (Å²) in [5, 5.41) is 16.9. The first-order valence-electron chi connectivity index (χ1n) is 6.91. The standard InChI is InChI=1S/C11H13N3O2.C4H4O4/c1-10-12-5-8-13(10)6-2-3-7-14-11(15)4-9-16-14;5-3(6)1-2-4(7)8/h5,8H,4,6-7,9H2,1H3;1-2H,(H,5,6)(H,7,8)/b;2-1+. The van der Waals surface area contributed by atoms with Crippen LogP contribution in [0.3, 0.4) is 0 Å². The Morgan fingerprint density at radius 3 is 2.38 bits per heavy atom. The number of carbonyl (C=O) groups is 3. The van der Waals surface area contributed by atoms with Crippen LogP contribution < -0.4 is 0 Å². The van der Waals surface area contributed by atoms with Crippen LogP contribution in [-0.2, 0) is 25.8 Å². The molecule has 9 heteroatoms. The minimum absolute atomic E-state index is 0.00751. The van der Waals surface area contributed by atoms with E-state index in [9.17, 15) is 14.4 Å². The van der Waals surface area contributed by atoms with Crippen LogP contribution in [0, 0.1) is 18.8 Å². The minimum Gasteiger partial charge on any atom is -0.478 e. The molecule has 1 aliphatic heterocycles. The number of carboxylic acid groups (broad SMARTS) is 2. The fourth-order valence-electron chi connectivity index (χ4n) is 1.56. The lowest BCUT2D eigenvalue weighted by Gasteiger charge is -2.08. The van der Waals surface area contributed by atoms with Crippen molar-refractivity contribution in [2.24, 2.45) is 0 Å². The summed E-state index contributed by atoms with van der Waals surface area (Å²) in [5.41, 5.74) is 0. The molecule has 1 fully saturated rings. The molecular weight excluding hydrogens is 318 g/mol. The largest absolute Gasteiger partial charge is 0.478 e. The van der Waals surface area contributed by atoms with Crippen LogP contribution in [0.5, 0.6) is 0 Å². The number of hydrogen-bond acceptors (Lipinski definition) is 5. The average molecular weight is 335 g/mol. The fourth-order valence-corrected chi connectivity index (χ4v) is 1.56. The number of rotatable bonds is 4. The second-order valence-electron chi connectivity index (χ2n) is 4.48. The number of imidazole rings is 1. The molecule has 1 aromatic heterocycles. The summed E-state index contributed by atoms with van der Waals surface area (Å²) < 4.78 is 1.94. The Bertz CT molecular complexity index is 667. The molecule has 2 N–H and O–H groups in total. The van der Waals surface area contributed by atoms with Crippen molar-refractivity contribution in [3.8, 4) is 11.8 Å². The Hall–Kier alpha value is -3.12. The van der Waals surface area contributed by atoms with Gasteiger partial charge < -0.3 is 14.8 Å². The monoisotopic (exact) mass is 335 g/mol. The molecule has 2 rings (SSSR count). The average Bonchev–Trinajstić information content (AvgIpc) is 3.11. The Morgan fingerprint density at radius 2 is 1.92 bits per heavy atom. The number of aryl methyl sites for hydroxylation is 1. The van der Waals surface area contributed by atoms with Crippen LogP contribution in [0.15, 0.2) is 24.5 Å². The first-order valence-corrected chi connectivity index (χ1v) is 6.91. The van der Waals surface area contributed by atoms with Crippen molar-refractivity contribution in [2.45, 2.75) is 19.9 Å². The van der Waals surface area contributed by atoms with Crippen molar-refractivity contribution in [2.75, 3.05) is 13.2 Å². The maximum Gasteiger partial charge on any atom is 0.328 e. The number of aromatic nitrogens is 2. The molecule has 0 aliphatic carbocycles. The van der Waals surface area contributed by atoms with E-state index in [1.54, 1.807) is 6.20 Å². The van der Waals surface area contributed by atoms with Crippen LogP contribution in [0.1, 0.15) is 12.2 Å². The summed E-state index contributed by atoms with van der Waals surface area (Å²) >= 11 is 0. The van der Waals surface area contributed by atoms with Gasteiger partial charge in [0.1, 0.15) is 12.4 Å². The molecule has 0 radical (unpaired) electrons. The van der Waals surface area contributed by atoms with E-state index in [1.165, 1.54) is 5.06 Å². The Kier molecular flexibility index (Phi) is 7.73. The van der Waals surface area contributed by atoms with Gasteiger partial charge in [-0.15, -0.1) is 0 Å². The third-order valence-corrected chi connectivity index (χ3v) is 2.73. The summed E-state index contributed by atoms with van der Waals surface area (Å²) in [6.07, 6.45) is 5.19. The highest BCUT2D eigenvalue weighted by atomic mass is 16.7. The van der Waals surface area contributed by atoms with Gasteiger partial charge in [-0.2, -0.15) is 0 Å². The Labute approximate surface area is 138 Å². The summed E-state index contributed by atoms with van der Waals surface area (Å²) in [5.74, 6) is 4.31. The number of carbonyl (C=O) groups excluding carboxylic acids is 1. The fraction of sp³-hybridized carbons (Fsp3) is 0.333. The number of hydrogen-bond donors (Lipinski definition) is 2. The third kappa shape index (κ3) is 7.24. The molecule has 1 saturated heterocycles. The zero-order valence-electron chi connectivity index (χ0n) is 13.0. The van der Waals surface area contributed by atoms with Gasteiger partial charge in [-0.05, 0) is 6.92 Å². The second-order valence-corrected chi connectivity index (χ2v) is 4.48. The highest BCUT2D eigenvalue weighted by Gasteiger charge is 2.19. The zero-order valence-corrected chi connectivity index (χ0v) is 13.0. The van der Waals surface area contributed by atoms with Gasteiger partial charge >= 0.3 is 11.9 Å². The van der Waals surface area contributed by atoms with Crippen molar-refractivity contribution >= 4 is 17.8 Å². The quantitative estimate of drug-likeness (QED) is 0.590. The first-order chi connectivity index (χ1) is 11.4. The van der Waals surface area contributed by atoms with E-state index in [0.717, 1.165) is 5.82 Å². The van der Waals surface area contributed by atoms with Gasteiger partial charge in [-0.3, -0.25) is 9.63 Å². The molecule has 0 spiro atoms. The highest BCUT2D eigenvalue weighted by Crippen LogP contribution is 2.04. The van der Waals surface area contributed by atoms with Crippen LogP contribution >= 0.6 is 0 Å². The number of amides is 1. The smallest absolute Gasteiger partial charge is 0.328 e. The molecule has 0 unspecified atom stereocenters. The molecule has 0 saturated carbocycles. The molecule has 24 heavy (non-hydrogen) atoms. The van der Waals surface area contributed by atoms with Crippen molar-refractivity contribution in [3.63, 3.8) is 0 Å². The normalized spacial score (nSPS) is 13.2. The van der Waals surface area contributed by atoms with E-state index in [-0.39, 0.29) is 5.91 Å². The van der Waals surface area contributed by atoms with Crippen LogP contribution in [0.4, 0.5) is 0 Å². The molecular formula is C15H17N3O6. The molecule has 0 aromatic carbocycles. The van der Waals surface area contributed by atoms with Gasteiger partial charge in [0.15, 0.2) is 0 Å². The molecule has 1 aliphatic rings. The SMILES string of the molecule is Cc1nccn1CC#CCN1OCCC1=O.O=C(O)/C=C/C(=O)O. The van der Waals surface area contributed by atoms with E-state index in [2.05, 4.69) is 16.8 Å². The molecule has 128 valence electrons. The predicted octanol–water partition coefficient (Wildman–Crippen LogP) is 0.0706. The number of carboxylic acids is 2. The number of aliphatic carboxylic acids is 2. The topological polar surface area (TPSA) is 122 Å². The maximum absolute atomic E-state index is 11.2. The molecule has 1 amide bonds. The minimum atomic E-state index is -1.26. The third-order valence-electron chi connectivity index (χ3n) is 2.73. The summed E-state index contributed by atoms with van der Waals surface area (Å²) in [6.45, 7) is 3.33. The van der Waals surface area contributed by atoms with Crippen LogP contribution in [0.2, 0.25) is 0 Å². The van der Waals surface area contributed by atoms with Gasteiger partial charge in [-0.1, -0.05) is 11.8 Å². The van der Waals surface area contributed by atoms with Crippen molar-refractivity contribution in [1.29, 1.82) is 0 Å². The number of hydroxylamine groups is 2. The first kappa shape index (κ1) is 18.9. The van der Waals surface area contributed by atoms with Crippen LogP contribution in [-0.4, -0.2) is 55.8 Å². The summed E-state index contributed by atoms with van der Waals surface area (Å²) in [7, 11) is 0. The second kappa shape index (κ2) is 9.81. The van der Waals surface area contributed by atoms with Gasteiger partial charge in [0.05, 0.1) is 19.6 Å². The lowest BCUT2D eigenvalue weighted by Crippen LogP contribution is -2.23. The zero-order chi connectivity index (χ0) is 17.9. The summed E-state index contributed by atoms with van der Waals surface area (Å²) in [4.78, 5) is 39.5. The molecule has 0 atom stereocenters. The van der Waals surface area contributed by atoms with E-state index in [4.69, 9.17) is 15.1 Å². The van der Waals surface area contributed by atoms with Gasteiger partial charge in [0, 0.05) is 24.5 Å².